The van der Waals surface area contributed by atoms with Crippen LogP contribution in [0.2, 0.25) is 0 Å². The molecule has 0 fully saturated rings. The van der Waals surface area contributed by atoms with Crippen LogP contribution in [0, 0.1) is 13.8 Å². The van der Waals surface area contributed by atoms with Crippen LogP contribution < -0.4 is 0 Å². The zero-order valence-corrected chi connectivity index (χ0v) is 16.7. The van der Waals surface area contributed by atoms with Crippen LogP contribution >= 0.6 is 11.8 Å². The molecule has 27 heavy (non-hydrogen) atoms. The van der Waals surface area contributed by atoms with E-state index in [1.54, 1.807) is 11.8 Å². The van der Waals surface area contributed by atoms with Crippen molar-refractivity contribution in [2.45, 2.75) is 44.6 Å². The third-order valence-corrected chi connectivity index (χ3v) is 5.46. The number of imidazole rings is 2. The highest BCUT2D eigenvalue weighted by Gasteiger charge is 2.12. The zero-order chi connectivity index (χ0) is 18.8. The van der Waals surface area contributed by atoms with Crippen LogP contribution in [0.4, 0.5) is 0 Å². The molecule has 0 atom stereocenters. The summed E-state index contributed by atoms with van der Waals surface area (Å²) in [5.41, 5.74) is 5.34. The van der Waals surface area contributed by atoms with Gasteiger partial charge in [0, 0.05) is 41.6 Å². The van der Waals surface area contributed by atoms with Gasteiger partial charge in [0.1, 0.15) is 0 Å². The number of hydrogen-bond acceptors (Lipinski definition) is 4. The monoisotopic (exact) mass is 377 g/mol. The van der Waals surface area contributed by atoms with Crippen LogP contribution in [0.25, 0.3) is 17.0 Å². The molecule has 3 heterocycles. The molecule has 138 valence electrons. The van der Waals surface area contributed by atoms with Crippen molar-refractivity contribution in [1.82, 2.24) is 23.9 Å². The first-order chi connectivity index (χ1) is 13.1. The van der Waals surface area contributed by atoms with Crippen molar-refractivity contribution in [2.75, 3.05) is 0 Å². The van der Waals surface area contributed by atoms with Gasteiger partial charge in [-0.25, -0.2) is 15.0 Å². The quantitative estimate of drug-likeness (QED) is 0.448. The lowest BCUT2D eigenvalue weighted by Crippen LogP contribution is -1.97. The standard InChI is InChI=1S/C21H23N5S/c1-4-10-25-13-19(17-8-6-5-7-9-17)24-21(25)27-14-18-12-26-16(3)11-15(2)22-20(26)23-18/h5-9,11-13H,4,10,14H2,1-3H3. The number of fused-ring (bicyclic) bond motifs is 1. The van der Waals surface area contributed by atoms with Crippen molar-refractivity contribution < 1.29 is 0 Å². The van der Waals surface area contributed by atoms with Gasteiger partial charge in [-0.3, -0.25) is 4.40 Å². The summed E-state index contributed by atoms with van der Waals surface area (Å²) in [6, 6.07) is 12.4. The summed E-state index contributed by atoms with van der Waals surface area (Å²) in [6.45, 7) is 7.24. The molecule has 0 unspecified atom stereocenters. The van der Waals surface area contributed by atoms with Gasteiger partial charge in [0.2, 0.25) is 5.78 Å². The topological polar surface area (TPSA) is 48.0 Å². The number of aromatic nitrogens is 5. The molecule has 0 amide bonds. The summed E-state index contributed by atoms with van der Waals surface area (Å²) in [5.74, 6) is 1.54. The Bertz CT molecular complexity index is 1070. The highest BCUT2D eigenvalue weighted by Crippen LogP contribution is 2.27. The normalized spacial score (nSPS) is 11.4. The van der Waals surface area contributed by atoms with Crippen LogP contribution in [0.5, 0.6) is 0 Å². The van der Waals surface area contributed by atoms with E-state index in [4.69, 9.17) is 4.98 Å². The second-order valence-electron chi connectivity index (χ2n) is 6.70. The van der Waals surface area contributed by atoms with Gasteiger partial charge in [0.25, 0.3) is 0 Å². The van der Waals surface area contributed by atoms with E-state index in [1.165, 1.54) is 0 Å². The summed E-state index contributed by atoms with van der Waals surface area (Å²) in [5, 5.41) is 1.04. The molecule has 3 aromatic heterocycles. The SMILES string of the molecule is CCCn1cc(-c2ccccc2)nc1SCc1cn2c(C)cc(C)nc2n1. The van der Waals surface area contributed by atoms with Gasteiger partial charge in [-0.15, -0.1) is 0 Å². The second-order valence-corrected chi connectivity index (χ2v) is 7.64. The van der Waals surface area contributed by atoms with Crippen molar-refractivity contribution in [3.63, 3.8) is 0 Å². The van der Waals surface area contributed by atoms with Crippen molar-refractivity contribution in [1.29, 1.82) is 0 Å². The third-order valence-electron chi connectivity index (χ3n) is 4.43. The molecule has 0 bridgehead atoms. The average molecular weight is 378 g/mol. The molecular weight excluding hydrogens is 354 g/mol. The summed E-state index contributed by atoms with van der Waals surface area (Å²) in [6.07, 6.45) is 5.31. The third kappa shape index (κ3) is 3.76. The van der Waals surface area contributed by atoms with Crippen LogP contribution in [0.3, 0.4) is 0 Å². The van der Waals surface area contributed by atoms with Gasteiger partial charge < -0.3 is 4.57 Å². The van der Waals surface area contributed by atoms with Gasteiger partial charge in [-0.2, -0.15) is 0 Å². The average Bonchev–Trinajstić information content (AvgIpc) is 3.25. The fourth-order valence-corrected chi connectivity index (χ4v) is 4.08. The predicted molar refractivity (Wildman–Crippen MR) is 110 cm³/mol. The molecule has 1 aromatic carbocycles. The minimum atomic E-state index is 0.768. The first-order valence-electron chi connectivity index (χ1n) is 9.21. The maximum absolute atomic E-state index is 4.88. The molecule has 4 aromatic rings. The maximum Gasteiger partial charge on any atom is 0.234 e. The largest absolute Gasteiger partial charge is 0.325 e. The van der Waals surface area contributed by atoms with Gasteiger partial charge in [-0.1, -0.05) is 49.0 Å². The lowest BCUT2D eigenvalue weighted by Gasteiger charge is -2.04. The Morgan fingerprint density at radius 3 is 2.59 bits per heavy atom. The summed E-state index contributed by atoms with van der Waals surface area (Å²) in [7, 11) is 0. The van der Waals surface area contributed by atoms with Crippen molar-refractivity contribution in [3.05, 3.63) is 65.9 Å². The summed E-state index contributed by atoms with van der Waals surface area (Å²) < 4.78 is 4.30. The Kier molecular flexibility index (Phi) is 4.99. The molecule has 6 heteroatoms. The van der Waals surface area contributed by atoms with Gasteiger partial charge in [0.05, 0.1) is 11.4 Å². The zero-order valence-electron chi connectivity index (χ0n) is 15.9. The van der Waals surface area contributed by atoms with E-state index < -0.39 is 0 Å². The van der Waals surface area contributed by atoms with E-state index in [1.807, 2.05) is 13.0 Å². The highest BCUT2D eigenvalue weighted by molar-refractivity contribution is 7.98. The predicted octanol–water partition coefficient (Wildman–Crippen LogP) is 4.91. The number of benzene rings is 1. The van der Waals surface area contributed by atoms with E-state index in [0.29, 0.717) is 0 Å². The minimum absolute atomic E-state index is 0.768. The summed E-state index contributed by atoms with van der Waals surface area (Å²) in [4.78, 5) is 14.1. The number of aryl methyl sites for hydroxylation is 3. The lowest BCUT2D eigenvalue weighted by atomic mass is 10.2. The molecule has 0 aliphatic heterocycles. The van der Waals surface area contributed by atoms with E-state index in [9.17, 15) is 0 Å². The van der Waals surface area contributed by atoms with E-state index >= 15 is 0 Å². The minimum Gasteiger partial charge on any atom is -0.325 e. The molecule has 5 nitrogen and oxygen atoms in total. The molecular formula is C21H23N5S. The first-order valence-corrected chi connectivity index (χ1v) is 10.2. The lowest BCUT2D eigenvalue weighted by molar-refractivity contribution is 0.620. The Hall–Kier alpha value is -2.60. The maximum atomic E-state index is 4.88. The fraction of sp³-hybridized carbons (Fsp3) is 0.286. The van der Waals surface area contributed by atoms with Gasteiger partial charge in [0.15, 0.2) is 5.16 Å². The molecule has 0 spiro atoms. The van der Waals surface area contributed by atoms with E-state index in [2.05, 4.69) is 75.5 Å². The second kappa shape index (κ2) is 7.56. The molecule has 0 N–H and O–H groups in total. The van der Waals surface area contributed by atoms with Crippen molar-refractivity contribution >= 4 is 17.5 Å². The molecule has 0 radical (unpaired) electrons. The van der Waals surface area contributed by atoms with E-state index in [0.717, 1.165) is 58.0 Å². The summed E-state index contributed by atoms with van der Waals surface area (Å²) >= 11 is 1.73. The number of hydrogen-bond donors (Lipinski definition) is 0. The Morgan fingerprint density at radius 2 is 1.81 bits per heavy atom. The highest BCUT2D eigenvalue weighted by atomic mass is 32.2. The molecule has 0 saturated carbocycles. The molecule has 0 aliphatic carbocycles. The van der Waals surface area contributed by atoms with Gasteiger partial charge in [-0.05, 0) is 26.3 Å². The number of nitrogens with zero attached hydrogens (tertiary/aromatic N) is 5. The number of thioether (sulfide) groups is 1. The van der Waals surface area contributed by atoms with Crippen molar-refractivity contribution in [2.24, 2.45) is 0 Å². The van der Waals surface area contributed by atoms with Crippen LogP contribution in [-0.4, -0.2) is 23.9 Å². The molecule has 4 rings (SSSR count). The van der Waals surface area contributed by atoms with Crippen LogP contribution in [0.15, 0.2) is 53.9 Å². The van der Waals surface area contributed by atoms with Gasteiger partial charge >= 0.3 is 0 Å². The van der Waals surface area contributed by atoms with Crippen molar-refractivity contribution in [3.8, 4) is 11.3 Å². The Balaban J connectivity index is 1.59. The van der Waals surface area contributed by atoms with Crippen LogP contribution in [-0.2, 0) is 12.3 Å². The fourth-order valence-electron chi connectivity index (χ4n) is 3.19. The first kappa shape index (κ1) is 17.8. The Labute approximate surface area is 163 Å². The number of rotatable bonds is 6. The smallest absolute Gasteiger partial charge is 0.234 e. The van der Waals surface area contributed by atoms with E-state index in [-0.39, 0.29) is 0 Å². The molecule has 0 aliphatic rings. The van der Waals surface area contributed by atoms with Crippen LogP contribution in [0.1, 0.15) is 30.4 Å². The Morgan fingerprint density at radius 1 is 1.00 bits per heavy atom. The molecule has 0 saturated heterocycles.